The first-order valence-electron chi connectivity index (χ1n) is 38.0. The highest BCUT2D eigenvalue weighted by Crippen LogP contribution is 2.40. The number of carbonyl (C=O) groups is 3. The van der Waals surface area contributed by atoms with E-state index in [1.165, 1.54) is 6.92 Å². The summed E-state index contributed by atoms with van der Waals surface area (Å²) in [6.45, 7) is -5.57. The lowest BCUT2D eigenvalue weighted by atomic mass is 9.93. The first-order valence-corrected chi connectivity index (χ1v) is 38.0. The van der Waals surface area contributed by atoms with Crippen LogP contribution < -0.4 is 16.0 Å². The number of rotatable bonds is 30. The Morgan fingerprint density at radius 2 is 0.504 bits per heavy atom. The fraction of sp³-hybridized carbons (Fsp3) is 0.955. The minimum atomic E-state index is -2.63. The number of hydrogen-bond acceptors (Lipinski definition) is 50. The van der Waals surface area contributed by atoms with Crippen LogP contribution in [-0.4, -0.2) is 527 Å². The van der Waals surface area contributed by atoms with Crippen LogP contribution in [0.15, 0.2) is 0 Å². The van der Waals surface area contributed by atoms with Crippen molar-refractivity contribution in [3.63, 3.8) is 0 Å². The van der Waals surface area contributed by atoms with Gasteiger partial charge in [-0.05, 0) is 6.92 Å². The standard InChI is InChI=1S/C66H111N3O50/c1-14-30(79)40(89)45(94)60(104-14)103-13-26-53(37(86)27(57(100)105-26)67-15(2)76)114-58-28(68-16(3)77)38(87)52(23(10-75)110-58)116-65-50(99)55(118-66-56(44(93)34(83)21(8-73)109-66)119-59-29(69-17(4)78)39(88)51(22(9-74)111-59)115-63-47(96)42(91)32(81)19(6-71)107-63)36(85)25(113-65)12-102-62-49(98)54(117-64-48(97)43(92)33(82)20(7-72)108-64)35(84)24(112-62)11-101-61-46(95)41(90)31(80)18(5-70)106-61/h14,18-66,70-75,79-100H,5-13H2,1-4H3,(H,67,76)(H,68,77)(H,69,78)/t14-,18+,19+,20+,21+,22+,23+,24+,25+,26+,27+,28+,29+,30+,31+,32-,33+,34+,35+,36+,37+,38+,39+,40+,41-,42-,43-,44-,45-,46-,47+,48-,49-,50-,51+,52+,53+,54-,55-,56-,57+,58-,59-,60+,61-,62-,63-,64+,65-,66+/m0/s1. The molecule has 0 aromatic carbocycles. The monoisotopic (exact) mass is 1750 g/mol. The predicted molar refractivity (Wildman–Crippen MR) is 363 cm³/mol. The zero-order chi connectivity index (χ0) is 87.5. The van der Waals surface area contributed by atoms with Gasteiger partial charge < -0.3 is 249 Å². The molecule has 0 saturated carbocycles. The third-order valence-electron chi connectivity index (χ3n) is 22.0. The molecule has 53 heteroatoms. The molecule has 31 N–H and O–H groups in total. The van der Waals surface area contributed by atoms with Gasteiger partial charge in [0.15, 0.2) is 62.9 Å². The van der Waals surface area contributed by atoms with E-state index in [-0.39, 0.29) is 0 Å². The Morgan fingerprint density at radius 1 is 0.235 bits per heavy atom. The fourth-order valence-electron chi connectivity index (χ4n) is 15.3. The van der Waals surface area contributed by atoms with E-state index in [1.807, 2.05) is 0 Å². The normalized spacial score (nSPS) is 50.7. The molecule has 0 bridgehead atoms. The van der Waals surface area contributed by atoms with Crippen LogP contribution in [0.3, 0.4) is 0 Å². The van der Waals surface area contributed by atoms with Gasteiger partial charge in [0.25, 0.3) is 0 Å². The average Bonchev–Trinajstić information content (AvgIpc) is 0.772. The molecule has 0 aliphatic carbocycles. The van der Waals surface area contributed by atoms with Gasteiger partial charge in [-0.3, -0.25) is 14.4 Å². The highest BCUT2D eigenvalue weighted by atomic mass is 16.8. The maximum Gasteiger partial charge on any atom is 0.217 e. The average molecular weight is 1750 g/mol. The number of ether oxygens (including phenoxy) is 19. The summed E-state index contributed by atoms with van der Waals surface area (Å²) in [5, 5.41) is 318. The van der Waals surface area contributed by atoms with Crippen LogP contribution in [0, 0.1) is 0 Å². The van der Waals surface area contributed by atoms with Crippen molar-refractivity contribution in [2.75, 3.05) is 59.5 Å². The summed E-state index contributed by atoms with van der Waals surface area (Å²) in [4.78, 5) is 38.7. The smallest absolute Gasteiger partial charge is 0.217 e. The molecule has 0 aromatic heterocycles. The van der Waals surface area contributed by atoms with E-state index in [9.17, 15) is 157 Å². The van der Waals surface area contributed by atoms with Gasteiger partial charge in [-0.2, -0.15) is 0 Å². The number of carbonyl (C=O) groups excluding carboxylic acids is 3. The Morgan fingerprint density at radius 3 is 0.924 bits per heavy atom. The molecule has 690 valence electrons. The molecule has 0 aromatic rings. The van der Waals surface area contributed by atoms with Gasteiger partial charge in [-0.15, -0.1) is 0 Å². The number of aliphatic hydroxyl groups excluding tert-OH is 28. The SMILES string of the molecule is CC(=O)N[C@@H]1[C@@H](O)[C@H](O[C@@H]2O[C@H](CO)[C@@H](O[C@@H]3O[C@H](CO[C@H]4O[C@H](CO[C@H]5O[C@H](CO)[C@@H](O)[C@H](O)[C@@H]5O)[C@@H](O)[C@H](O[C@H]5O[C@H](CO)[C@@H](O)[C@H](O)[C@@H]5O)[C@@H]4O)[C@@H](O)[C@H](O[C@H]4O[C@H](CO)[C@@H](O)[C@H](O)[C@@H]4O[C@@H]4O[C@H](CO)[C@@H](O[C@@H]5O[C@H](CO)[C@H](O)[C@H](O)[C@H]5O)[C@H](O)[C@H]4NC(C)=O)[C@@H]3O)[C@H](O)[C@H]2NC(C)=O)[C@@H](CO[C@@H]2O[C@@H](C)[C@@H](O)[C@@H](O)[C@@H]2O)O[C@H]1O. The topological polar surface area (TPSA) is 829 Å². The van der Waals surface area contributed by atoms with Crippen molar-refractivity contribution in [3.05, 3.63) is 0 Å². The zero-order valence-electron chi connectivity index (χ0n) is 63.7. The van der Waals surface area contributed by atoms with Crippen LogP contribution in [0.2, 0.25) is 0 Å². The highest BCUT2D eigenvalue weighted by Gasteiger charge is 2.61. The van der Waals surface area contributed by atoms with Crippen LogP contribution in [0.25, 0.3) is 0 Å². The number of amides is 3. The fourth-order valence-corrected chi connectivity index (χ4v) is 15.3. The molecule has 50 atom stereocenters. The van der Waals surface area contributed by atoms with Gasteiger partial charge in [0, 0.05) is 20.8 Å². The summed E-state index contributed by atoms with van der Waals surface area (Å²) in [6, 6.07) is -5.76. The third kappa shape index (κ3) is 21.5. The van der Waals surface area contributed by atoms with Crippen LogP contribution in [0.5, 0.6) is 0 Å². The van der Waals surface area contributed by atoms with E-state index in [2.05, 4.69) is 16.0 Å². The van der Waals surface area contributed by atoms with E-state index < -0.39 is 384 Å². The molecular weight excluding hydrogens is 1630 g/mol. The lowest BCUT2D eigenvalue weighted by Gasteiger charge is -2.51. The van der Waals surface area contributed by atoms with Crippen molar-refractivity contribution >= 4 is 17.7 Å². The van der Waals surface area contributed by atoms with Crippen molar-refractivity contribution in [2.45, 2.75) is 335 Å². The molecule has 119 heavy (non-hydrogen) atoms. The Balaban J connectivity index is 0.985. The number of nitrogens with one attached hydrogen (secondary N) is 3. The summed E-state index contributed by atoms with van der Waals surface area (Å²) in [7, 11) is 0. The summed E-state index contributed by atoms with van der Waals surface area (Å²) < 4.78 is 112. The van der Waals surface area contributed by atoms with Crippen LogP contribution in [0.4, 0.5) is 0 Å². The van der Waals surface area contributed by atoms with Crippen molar-refractivity contribution in [1.82, 2.24) is 16.0 Å². The van der Waals surface area contributed by atoms with Crippen molar-refractivity contribution in [1.29, 1.82) is 0 Å². The zero-order valence-corrected chi connectivity index (χ0v) is 63.7. The molecule has 10 fully saturated rings. The van der Waals surface area contributed by atoms with Crippen LogP contribution in [-0.2, 0) is 104 Å². The van der Waals surface area contributed by atoms with Crippen molar-refractivity contribution < 1.29 is 247 Å². The second kappa shape index (κ2) is 42.4. The van der Waals surface area contributed by atoms with E-state index in [0.717, 1.165) is 20.8 Å². The van der Waals surface area contributed by atoms with E-state index in [0.29, 0.717) is 0 Å². The second-order valence-corrected chi connectivity index (χ2v) is 30.3. The largest absolute Gasteiger partial charge is 0.394 e. The first-order chi connectivity index (χ1) is 56.2. The molecule has 0 unspecified atom stereocenters. The van der Waals surface area contributed by atoms with Crippen LogP contribution >= 0.6 is 0 Å². The Bertz CT molecular complexity index is 3160. The maximum atomic E-state index is 13.2. The molecule has 10 saturated heterocycles. The Kier molecular flexibility index (Phi) is 34.8. The Hall–Kier alpha value is -3.47. The molecule has 3 amide bonds. The van der Waals surface area contributed by atoms with E-state index in [4.69, 9.17) is 90.0 Å². The molecule has 10 heterocycles. The molecule has 0 radical (unpaired) electrons. The third-order valence-corrected chi connectivity index (χ3v) is 22.0. The lowest BCUT2D eigenvalue weighted by Crippen LogP contribution is -2.71. The minimum Gasteiger partial charge on any atom is -0.394 e. The summed E-state index contributed by atoms with van der Waals surface area (Å²) in [6.07, 6.45) is -97.6. The summed E-state index contributed by atoms with van der Waals surface area (Å²) >= 11 is 0. The quantitative estimate of drug-likeness (QED) is 0.0318. The molecule has 53 nitrogen and oxygen atoms in total. The van der Waals surface area contributed by atoms with Gasteiger partial charge in [-0.1, -0.05) is 0 Å². The van der Waals surface area contributed by atoms with E-state index >= 15 is 0 Å². The summed E-state index contributed by atoms with van der Waals surface area (Å²) in [5.41, 5.74) is 0. The highest BCUT2D eigenvalue weighted by molar-refractivity contribution is 5.74. The lowest BCUT2D eigenvalue weighted by molar-refractivity contribution is -0.398. The summed E-state index contributed by atoms with van der Waals surface area (Å²) in [5.74, 6) is -2.81. The van der Waals surface area contributed by atoms with Gasteiger partial charge in [-0.25, -0.2) is 0 Å². The second-order valence-electron chi connectivity index (χ2n) is 30.3. The first kappa shape index (κ1) is 97.7. The minimum absolute atomic E-state index is 0.845. The van der Waals surface area contributed by atoms with Gasteiger partial charge in [0.05, 0.1) is 65.6 Å². The van der Waals surface area contributed by atoms with Gasteiger partial charge in [0.2, 0.25) is 17.7 Å². The van der Waals surface area contributed by atoms with Crippen LogP contribution in [0.1, 0.15) is 27.7 Å². The van der Waals surface area contributed by atoms with Crippen molar-refractivity contribution in [3.8, 4) is 0 Å². The Labute approximate surface area is 673 Å². The number of hydrogen-bond donors (Lipinski definition) is 31. The molecule has 10 rings (SSSR count). The molecule has 10 aliphatic heterocycles. The number of aliphatic hydroxyl groups is 28. The molecule has 10 aliphatic rings. The maximum absolute atomic E-state index is 13.2. The predicted octanol–water partition coefficient (Wildman–Crippen LogP) is -21.3. The van der Waals surface area contributed by atoms with Crippen molar-refractivity contribution in [2.24, 2.45) is 0 Å². The van der Waals surface area contributed by atoms with Gasteiger partial charge >= 0.3 is 0 Å². The molecular formula is C66H111N3O50. The van der Waals surface area contributed by atoms with E-state index in [1.54, 1.807) is 0 Å². The van der Waals surface area contributed by atoms with Gasteiger partial charge in [0.1, 0.15) is 238 Å². The molecule has 0 spiro atoms.